The smallest absolute Gasteiger partial charge is 0.350 e. The standard InChI is InChI=1S/C36H42N8O4/c1-4-27(2)44-35(45)42(26-39-44)32-12-10-30(11-13-32)40-20-22-41(23-21-40)31-14-16-33(17-15-31)46-24-34-28(3)47-36(48-34,25-43-37-18-19-38-43)29-8-6-5-7-9-29/h5-19,26-28,34H,4,20-25H2,1-3H3/t27?,28?,34-,36-/m0/s1. The Morgan fingerprint density at radius 3 is 2.06 bits per heavy atom. The summed E-state index contributed by atoms with van der Waals surface area (Å²) in [6.45, 7) is 10.4. The lowest BCUT2D eigenvalue weighted by Gasteiger charge is -2.37. The highest BCUT2D eigenvalue weighted by Crippen LogP contribution is 2.39. The number of nitrogens with zero attached hydrogens (tertiary/aromatic N) is 8. The van der Waals surface area contributed by atoms with E-state index < -0.39 is 5.79 Å². The summed E-state index contributed by atoms with van der Waals surface area (Å²) in [4.78, 5) is 19.2. The monoisotopic (exact) mass is 650 g/mol. The molecule has 0 aliphatic carbocycles. The highest BCUT2D eigenvalue weighted by Gasteiger charge is 2.48. The summed E-state index contributed by atoms with van der Waals surface area (Å²) in [7, 11) is 0. The number of rotatable bonds is 11. The molecule has 2 unspecified atom stereocenters. The molecule has 5 aromatic rings. The summed E-state index contributed by atoms with van der Waals surface area (Å²) in [5.41, 5.74) is 3.94. The maximum atomic E-state index is 12.8. The number of piperazine rings is 1. The van der Waals surface area contributed by atoms with E-state index in [0.29, 0.717) is 13.2 Å². The van der Waals surface area contributed by atoms with Gasteiger partial charge in [0.05, 0.1) is 30.2 Å². The first-order valence-corrected chi connectivity index (χ1v) is 16.7. The predicted molar refractivity (Wildman–Crippen MR) is 183 cm³/mol. The molecule has 250 valence electrons. The molecule has 2 aromatic heterocycles. The Balaban J connectivity index is 0.928. The van der Waals surface area contributed by atoms with E-state index in [9.17, 15) is 4.79 Å². The van der Waals surface area contributed by atoms with Crippen LogP contribution in [0.5, 0.6) is 5.75 Å². The lowest BCUT2D eigenvalue weighted by Crippen LogP contribution is -2.46. The van der Waals surface area contributed by atoms with Crippen molar-refractivity contribution in [3.05, 3.63) is 114 Å². The Morgan fingerprint density at radius 1 is 0.833 bits per heavy atom. The molecule has 0 bridgehead atoms. The highest BCUT2D eigenvalue weighted by molar-refractivity contribution is 5.54. The molecule has 0 N–H and O–H groups in total. The van der Waals surface area contributed by atoms with Crippen LogP contribution in [-0.2, 0) is 21.8 Å². The fourth-order valence-corrected chi connectivity index (χ4v) is 6.37. The van der Waals surface area contributed by atoms with Crippen LogP contribution in [0, 0.1) is 0 Å². The molecule has 2 aliphatic rings. The minimum atomic E-state index is -1.00. The van der Waals surface area contributed by atoms with Crippen molar-refractivity contribution in [1.29, 1.82) is 0 Å². The van der Waals surface area contributed by atoms with Crippen molar-refractivity contribution in [2.75, 3.05) is 42.6 Å². The Labute approximate surface area is 280 Å². The molecule has 4 atom stereocenters. The van der Waals surface area contributed by atoms with Crippen molar-refractivity contribution < 1.29 is 14.2 Å². The van der Waals surface area contributed by atoms with Gasteiger partial charge in [-0.3, -0.25) is 0 Å². The third-order valence-corrected chi connectivity index (χ3v) is 9.36. The topological polar surface area (TPSA) is 105 Å². The number of benzene rings is 3. The summed E-state index contributed by atoms with van der Waals surface area (Å²) >= 11 is 0. The van der Waals surface area contributed by atoms with Gasteiger partial charge >= 0.3 is 5.69 Å². The molecule has 7 rings (SSSR count). The van der Waals surface area contributed by atoms with E-state index >= 15 is 0 Å². The van der Waals surface area contributed by atoms with Gasteiger partial charge in [0.25, 0.3) is 0 Å². The quantitative estimate of drug-likeness (QED) is 0.202. The summed E-state index contributed by atoms with van der Waals surface area (Å²) < 4.78 is 22.4. The summed E-state index contributed by atoms with van der Waals surface area (Å²) in [5.74, 6) is -0.216. The highest BCUT2D eigenvalue weighted by atomic mass is 16.8. The van der Waals surface area contributed by atoms with Gasteiger partial charge in [0.2, 0.25) is 5.79 Å². The SMILES string of the molecule is CCC(C)n1ncn(-c2ccc(N3CCN(c4ccc(OC[C@@H]5O[C@@](Cn6nccn6)(c6ccccc6)OC5C)cc4)CC3)cc2)c1=O. The molecular weight excluding hydrogens is 608 g/mol. The second-order valence-corrected chi connectivity index (χ2v) is 12.4. The minimum Gasteiger partial charge on any atom is -0.491 e. The zero-order valence-electron chi connectivity index (χ0n) is 27.6. The Hall–Kier alpha value is -4.94. The third-order valence-electron chi connectivity index (χ3n) is 9.36. The molecule has 3 aromatic carbocycles. The van der Waals surface area contributed by atoms with E-state index in [1.165, 1.54) is 5.69 Å². The predicted octanol–water partition coefficient (Wildman–Crippen LogP) is 4.66. The first-order chi connectivity index (χ1) is 23.4. The fourth-order valence-electron chi connectivity index (χ4n) is 6.37. The maximum Gasteiger partial charge on any atom is 0.350 e. The summed E-state index contributed by atoms with van der Waals surface area (Å²) in [6.07, 6.45) is 5.30. The normalized spacial score (nSPS) is 21.8. The average Bonchev–Trinajstić information content (AvgIpc) is 3.87. The van der Waals surface area contributed by atoms with Crippen molar-refractivity contribution in [2.45, 2.75) is 57.8 Å². The van der Waals surface area contributed by atoms with Gasteiger partial charge in [-0.2, -0.15) is 20.1 Å². The van der Waals surface area contributed by atoms with Crippen LogP contribution in [-0.4, -0.2) is 74.3 Å². The molecular formula is C36H42N8O4. The second-order valence-electron chi connectivity index (χ2n) is 12.4. The fraction of sp³-hybridized carbons (Fsp3) is 0.389. The van der Waals surface area contributed by atoms with Gasteiger partial charge < -0.3 is 24.0 Å². The molecule has 2 saturated heterocycles. The van der Waals surface area contributed by atoms with Crippen LogP contribution in [0.15, 0.2) is 102 Å². The van der Waals surface area contributed by atoms with E-state index in [4.69, 9.17) is 14.2 Å². The van der Waals surface area contributed by atoms with Crippen LogP contribution in [0.1, 0.15) is 38.8 Å². The van der Waals surface area contributed by atoms with Gasteiger partial charge in [-0.15, -0.1) is 0 Å². The molecule has 0 radical (unpaired) electrons. The molecule has 12 nitrogen and oxygen atoms in total. The third kappa shape index (κ3) is 6.45. The summed E-state index contributed by atoms with van der Waals surface area (Å²) in [6, 6.07) is 26.4. The lowest BCUT2D eigenvalue weighted by molar-refractivity contribution is -0.198. The van der Waals surface area contributed by atoms with Crippen molar-refractivity contribution in [2.24, 2.45) is 0 Å². The molecule has 0 saturated carbocycles. The molecule has 0 spiro atoms. The van der Waals surface area contributed by atoms with E-state index in [-0.39, 0.29) is 23.9 Å². The van der Waals surface area contributed by atoms with E-state index in [1.54, 1.807) is 32.8 Å². The Kier molecular flexibility index (Phi) is 9.00. The number of hydrogen-bond acceptors (Lipinski definition) is 9. The van der Waals surface area contributed by atoms with Crippen LogP contribution >= 0.6 is 0 Å². The van der Waals surface area contributed by atoms with Crippen LogP contribution < -0.4 is 20.2 Å². The van der Waals surface area contributed by atoms with Crippen molar-refractivity contribution in [3.63, 3.8) is 0 Å². The first-order valence-electron chi connectivity index (χ1n) is 16.7. The van der Waals surface area contributed by atoms with E-state index in [1.807, 2.05) is 68.4 Å². The molecule has 48 heavy (non-hydrogen) atoms. The number of aromatic nitrogens is 6. The average molecular weight is 651 g/mol. The summed E-state index contributed by atoms with van der Waals surface area (Å²) in [5, 5.41) is 12.9. The second kappa shape index (κ2) is 13.7. The van der Waals surface area contributed by atoms with Crippen molar-refractivity contribution >= 4 is 11.4 Å². The first kappa shape index (κ1) is 31.6. The van der Waals surface area contributed by atoms with Crippen molar-refractivity contribution in [3.8, 4) is 11.4 Å². The van der Waals surface area contributed by atoms with Gasteiger partial charge in [-0.1, -0.05) is 37.3 Å². The molecule has 4 heterocycles. The molecule has 12 heteroatoms. The van der Waals surface area contributed by atoms with Crippen LogP contribution in [0.25, 0.3) is 5.69 Å². The van der Waals surface area contributed by atoms with Crippen LogP contribution in [0.3, 0.4) is 0 Å². The number of ether oxygens (including phenoxy) is 3. The van der Waals surface area contributed by atoms with Crippen LogP contribution in [0.2, 0.25) is 0 Å². The van der Waals surface area contributed by atoms with Gasteiger partial charge in [0.15, 0.2) is 0 Å². The molecule has 2 fully saturated rings. The minimum absolute atomic E-state index is 0.0710. The number of hydrogen-bond donors (Lipinski definition) is 0. The molecule has 0 amide bonds. The van der Waals surface area contributed by atoms with Gasteiger partial charge in [-0.25, -0.2) is 14.0 Å². The Bertz CT molecular complexity index is 1820. The lowest BCUT2D eigenvalue weighted by atomic mass is 10.1. The van der Waals surface area contributed by atoms with Gasteiger partial charge in [-0.05, 0) is 68.8 Å². The zero-order valence-corrected chi connectivity index (χ0v) is 27.6. The maximum absolute atomic E-state index is 12.8. The van der Waals surface area contributed by atoms with E-state index in [0.717, 1.165) is 55.3 Å². The zero-order chi connectivity index (χ0) is 33.1. The van der Waals surface area contributed by atoms with Gasteiger partial charge in [0, 0.05) is 43.1 Å². The molecule has 2 aliphatic heterocycles. The van der Waals surface area contributed by atoms with E-state index in [2.05, 4.69) is 56.3 Å². The van der Waals surface area contributed by atoms with Gasteiger partial charge in [0.1, 0.15) is 31.3 Å². The largest absolute Gasteiger partial charge is 0.491 e. The van der Waals surface area contributed by atoms with Crippen LogP contribution in [0.4, 0.5) is 11.4 Å². The van der Waals surface area contributed by atoms with Crippen molar-refractivity contribution in [1.82, 2.24) is 29.3 Å². The number of anilines is 2. The Morgan fingerprint density at radius 2 is 1.44 bits per heavy atom.